The van der Waals surface area contributed by atoms with Crippen LogP contribution >= 0.6 is 11.6 Å². The van der Waals surface area contributed by atoms with Crippen molar-refractivity contribution in [3.05, 3.63) is 70.7 Å². The molecule has 0 bridgehead atoms. The predicted octanol–water partition coefficient (Wildman–Crippen LogP) is 4.64. The maximum absolute atomic E-state index is 12.4. The van der Waals surface area contributed by atoms with Gasteiger partial charge in [0.15, 0.2) is 0 Å². The average molecular weight is 389 g/mol. The van der Waals surface area contributed by atoms with Gasteiger partial charge >= 0.3 is 0 Å². The number of hydrogen-bond acceptors (Lipinski definition) is 2. The van der Waals surface area contributed by atoms with Crippen LogP contribution in [0.25, 0.3) is 0 Å². The Labute approximate surface area is 164 Å². The first kappa shape index (κ1) is 20.6. The van der Waals surface area contributed by atoms with Crippen molar-refractivity contribution in [3.63, 3.8) is 0 Å². The summed E-state index contributed by atoms with van der Waals surface area (Å²) >= 11 is 6.00. The topological polar surface area (TPSA) is 52.9 Å². The fourth-order valence-electron chi connectivity index (χ4n) is 3.01. The summed E-state index contributed by atoms with van der Waals surface area (Å²) in [6.07, 6.45) is 0.512. The van der Waals surface area contributed by atoms with Crippen molar-refractivity contribution in [2.24, 2.45) is 5.92 Å². The molecule has 0 aliphatic heterocycles. The van der Waals surface area contributed by atoms with Gasteiger partial charge < -0.3 is 0 Å². The van der Waals surface area contributed by atoms with Crippen molar-refractivity contribution in [1.82, 2.24) is 4.72 Å². The Bertz CT molecular complexity index is 771. The normalized spacial score (nSPS) is 15.8. The zero-order chi connectivity index (χ0) is 19.2. The van der Waals surface area contributed by atoms with Crippen LogP contribution in [0.2, 0.25) is 5.02 Å². The van der Waals surface area contributed by atoms with E-state index in [1.165, 1.54) is 0 Å². The molecular weight excluding hydrogens is 364 g/mol. The maximum Gasteiger partial charge on any atom is 0.102 e. The van der Waals surface area contributed by atoms with Gasteiger partial charge in [0.1, 0.15) is 5.41 Å². The lowest BCUT2D eigenvalue weighted by Gasteiger charge is -2.34. The quantitative estimate of drug-likeness (QED) is 0.716. The fraction of sp³-hybridized carbons (Fsp3) is 0.381. The predicted molar refractivity (Wildman–Crippen MR) is 109 cm³/mol. The first-order chi connectivity index (χ1) is 12.4. The Morgan fingerprint density at radius 1 is 1.12 bits per heavy atom. The second-order valence-electron chi connectivity index (χ2n) is 7.00. The summed E-state index contributed by atoms with van der Waals surface area (Å²) < 4.78 is 15.6. The Hall–Kier alpha value is -1.67. The molecule has 0 aromatic heterocycles. The molecule has 2 rings (SSSR count). The summed E-state index contributed by atoms with van der Waals surface area (Å²) in [7, 11) is -1.19. The third kappa shape index (κ3) is 5.17. The summed E-state index contributed by atoms with van der Waals surface area (Å²) in [6, 6.07) is 19.5. The van der Waals surface area contributed by atoms with E-state index in [1.807, 2.05) is 75.4 Å². The summed E-state index contributed by atoms with van der Waals surface area (Å²) in [5.74, 6) is 0.877. The number of hydrogen-bond donors (Lipinski definition) is 1. The second kappa shape index (κ2) is 9.32. The summed E-state index contributed by atoms with van der Waals surface area (Å²) in [5.41, 5.74) is 1.10. The molecule has 3 unspecified atom stereocenters. The molecule has 0 heterocycles. The third-order valence-corrected chi connectivity index (χ3v) is 6.25. The van der Waals surface area contributed by atoms with Crippen molar-refractivity contribution in [3.8, 4) is 6.07 Å². The van der Waals surface area contributed by atoms with Gasteiger partial charge in [-0.15, -0.1) is 0 Å². The van der Waals surface area contributed by atoms with Crippen LogP contribution in [-0.4, -0.2) is 16.0 Å². The largest absolute Gasteiger partial charge is 0.243 e. The molecule has 2 aromatic rings. The number of benzene rings is 2. The van der Waals surface area contributed by atoms with E-state index in [9.17, 15) is 9.47 Å². The average Bonchev–Trinajstić information content (AvgIpc) is 2.61. The molecule has 3 atom stereocenters. The molecule has 3 nitrogen and oxygen atoms in total. The molecule has 0 aliphatic rings. The molecule has 138 valence electrons. The zero-order valence-corrected chi connectivity index (χ0v) is 17.0. The lowest BCUT2D eigenvalue weighted by atomic mass is 9.72. The molecule has 0 saturated carbocycles. The summed E-state index contributed by atoms with van der Waals surface area (Å²) in [6.45, 7) is 6.00. The Morgan fingerprint density at radius 2 is 1.73 bits per heavy atom. The van der Waals surface area contributed by atoms with Crippen LogP contribution in [0.5, 0.6) is 0 Å². The zero-order valence-electron chi connectivity index (χ0n) is 15.4. The van der Waals surface area contributed by atoms with E-state index in [1.54, 1.807) is 0 Å². The van der Waals surface area contributed by atoms with Gasteiger partial charge in [-0.05, 0) is 42.5 Å². The van der Waals surface area contributed by atoms with Crippen LogP contribution < -0.4 is 4.72 Å². The van der Waals surface area contributed by atoms with Crippen LogP contribution in [0.1, 0.15) is 31.9 Å². The standard InChI is InChI=1S/C21H25ClN2OS/c1-16(2)14-26(25)24-17(3)21(15-23,19-7-5-4-6-8-19)13-18-9-11-20(22)12-10-18/h4-12,16-17,24H,13-14H2,1-3H3. The minimum atomic E-state index is -1.19. The van der Waals surface area contributed by atoms with E-state index in [4.69, 9.17) is 11.6 Å². The van der Waals surface area contributed by atoms with Gasteiger partial charge in [0.2, 0.25) is 0 Å². The van der Waals surface area contributed by atoms with Crippen LogP contribution in [-0.2, 0) is 22.8 Å². The highest BCUT2D eigenvalue weighted by molar-refractivity contribution is 7.83. The van der Waals surface area contributed by atoms with E-state index < -0.39 is 16.4 Å². The van der Waals surface area contributed by atoms with E-state index in [0.29, 0.717) is 23.1 Å². The number of halogens is 1. The lowest BCUT2D eigenvalue weighted by Crippen LogP contribution is -2.48. The van der Waals surface area contributed by atoms with Crippen LogP contribution in [0.4, 0.5) is 0 Å². The number of nitrogens with zero attached hydrogens (tertiary/aromatic N) is 1. The molecule has 0 fully saturated rings. The molecule has 26 heavy (non-hydrogen) atoms. The molecule has 0 amide bonds. The van der Waals surface area contributed by atoms with Crippen molar-refractivity contribution in [2.75, 3.05) is 5.75 Å². The third-order valence-electron chi connectivity index (χ3n) is 4.42. The first-order valence-corrected chi connectivity index (χ1v) is 10.4. The SMILES string of the molecule is CC(C)CS(=O)NC(C)C(C#N)(Cc1ccc(Cl)cc1)c1ccccc1. The van der Waals surface area contributed by atoms with Crippen LogP contribution in [0.3, 0.4) is 0 Å². The van der Waals surface area contributed by atoms with Crippen molar-refractivity contribution >= 4 is 22.6 Å². The number of nitriles is 1. The smallest absolute Gasteiger partial charge is 0.102 e. The monoisotopic (exact) mass is 388 g/mol. The number of nitrogens with one attached hydrogen (secondary N) is 1. The highest BCUT2D eigenvalue weighted by atomic mass is 35.5. The van der Waals surface area contributed by atoms with Crippen molar-refractivity contribution in [2.45, 2.75) is 38.6 Å². The molecule has 0 saturated heterocycles. The Morgan fingerprint density at radius 3 is 2.27 bits per heavy atom. The van der Waals surface area contributed by atoms with Crippen molar-refractivity contribution < 1.29 is 4.21 Å². The van der Waals surface area contributed by atoms with Crippen molar-refractivity contribution in [1.29, 1.82) is 5.26 Å². The van der Waals surface area contributed by atoms with Crippen LogP contribution in [0.15, 0.2) is 54.6 Å². The number of rotatable bonds is 8. The molecule has 0 radical (unpaired) electrons. The molecule has 0 spiro atoms. The molecular formula is C21H25ClN2OS. The minimum absolute atomic E-state index is 0.287. The highest BCUT2D eigenvalue weighted by Gasteiger charge is 2.39. The van der Waals surface area contributed by atoms with Gasteiger partial charge in [-0.1, -0.05) is 67.9 Å². The molecule has 0 aliphatic carbocycles. The second-order valence-corrected chi connectivity index (χ2v) is 8.69. The first-order valence-electron chi connectivity index (χ1n) is 8.73. The van der Waals surface area contributed by atoms with Crippen LogP contribution in [0, 0.1) is 17.2 Å². The molecule has 2 aromatic carbocycles. The van der Waals surface area contributed by atoms with Gasteiger partial charge in [0, 0.05) is 16.8 Å². The summed E-state index contributed by atoms with van der Waals surface area (Å²) in [5, 5.41) is 10.9. The van der Waals surface area contributed by atoms with Gasteiger partial charge in [0.05, 0.1) is 17.1 Å². The Balaban J connectivity index is 2.38. The lowest BCUT2D eigenvalue weighted by molar-refractivity contribution is 0.428. The van der Waals surface area contributed by atoms with E-state index in [2.05, 4.69) is 10.8 Å². The Kier molecular flexibility index (Phi) is 7.40. The minimum Gasteiger partial charge on any atom is -0.243 e. The van der Waals surface area contributed by atoms with E-state index in [0.717, 1.165) is 11.1 Å². The van der Waals surface area contributed by atoms with Gasteiger partial charge in [0.25, 0.3) is 0 Å². The van der Waals surface area contributed by atoms with Gasteiger partial charge in [-0.25, -0.2) is 8.93 Å². The molecule has 5 heteroatoms. The van der Waals surface area contributed by atoms with Gasteiger partial charge in [-0.3, -0.25) is 0 Å². The van der Waals surface area contributed by atoms with E-state index in [-0.39, 0.29) is 6.04 Å². The van der Waals surface area contributed by atoms with Gasteiger partial charge in [-0.2, -0.15) is 5.26 Å². The fourth-order valence-corrected chi connectivity index (χ4v) is 4.44. The molecule has 1 N–H and O–H groups in total. The summed E-state index contributed by atoms with van der Waals surface area (Å²) in [4.78, 5) is 0. The highest BCUT2D eigenvalue weighted by Crippen LogP contribution is 2.32. The maximum atomic E-state index is 12.4. The van der Waals surface area contributed by atoms with E-state index >= 15 is 0 Å².